The smallest absolute Gasteiger partial charge is 0.335 e. The number of rotatable bonds is 4. The fourth-order valence-electron chi connectivity index (χ4n) is 2.94. The quantitative estimate of drug-likeness (QED) is 0.596. The van der Waals surface area contributed by atoms with E-state index < -0.39 is 5.97 Å². The minimum absolute atomic E-state index is 0.0413. The Bertz CT molecular complexity index is 1220. The zero-order valence-electron chi connectivity index (χ0n) is 14.6. The van der Waals surface area contributed by atoms with Crippen molar-refractivity contribution in [3.05, 3.63) is 62.4 Å². The number of hydrogen-bond acceptors (Lipinski definition) is 6. The number of hydrogen-bond donors (Lipinski definition) is 2. The molecule has 0 saturated heterocycles. The molecule has 6 nitrogen and oxygen atoms in total. The molecule has 0 spiro atoms. The number of methoxy groups -OCH3 is 1. The molecule has 1 aliphatic rings. The van der Waals surface area contributed by atoms with E-state index in [-0.39, 0.29) is 11.4 Å². The molecular weight excluding hydrogens is 396 g/mol. The summed E-state index contributed by atoms with van der Waals surface area (Å²) in [4.78, 5) is 16.2. The second kappa shape index (κ2) is 7.06. The molecule has 2 aromatic carbocycles. The summed E-state index contributed by atoms with van der Waals surface area (Å²) < 4.78 is 7.09. The average molecular weight is 410 g/mol. The summed E-state index contributed by atoms with van der Waals surface area (Å²) in [6.45, 7) is 0. The monoisotopic (exact) mass is 410 g/mol. The summed E-state index contributed by atoms with van der Waals surface area (Å²) in [5.74, 6) is -0.361. The van der Waals surface area contributed by atoms with E-state index >= 15 is 0 Å². The number of benzene rings is 2. The number of fused-ring (bicyclic) bond motifs is 1. The molecule has 4 rings (SSSR count). The molecule has 8 heteroatoms. The van der Waals surface area contributed by atoms with Gasteiger partial charge in [-0.25, -0.2) is 4.79 Å². The maximum absolute atomic E-state index is 11.2. The maximum atomic E-state index is 11.2. The van der Waals surface area contributed by atoms with Crippen molar-refractivity contribution < 1.29 is 19.7 Å². The molecule has 1 aromatic heterocycles. The molecule has 0 radical (unpaired) electrons. The van der Waals surface area contributed by atoms with Crippen molar-refractivity contribution in [3.63, 3.8) is 0 Å². The second-order valence-electron chi connectivity index (χ2n) is 5.99. The van der Waals surface area contributed by atoms with Crippen molar-refractivity contribution in [1.29, 1.82) is 0 Å². The van der Waals surface area contributed by atoms with Crippen molar-refractivity contribution in [2.45, 2.75) is 0 Å². The summed E-state index contributed by atoms with van der Waals surface area (Å²) in [5.41, 5.74) is 3.18. The number of aromatic hydroxyl groups is 1. The fourth-order valence-corrected chi connectivity index (χ4v) is 4.24. The number of thiazole rings is 1. The Hall–Kier alpha value is -3.23. The molecule has 0 atom stereocenters. The van der Waals surface area contributed by atoms with Crippen LogP contribution in [-0.4, -0.2) is 34.1 Å². The number of carboxylic acid groups (broad SMARTS) is 1. The maximum Gasteiger partial charge on any atom is 0.335 e. The first-order chi connectivity index (χ1) is 13.5. The Kier molecular flexibility index (Phi) is 4.58. The molecular formula is C20H14N2O4S2. The van der Waals surface area contributed by atoms with Crippen molar-refractivity contribution in [2.75, 3.05) is 7.11 Å². The van der Waals surface area contributed by atoms with Gasteiger partial charge in [0.15, 0.2) is 3.95 Å². The van der Waals surface area contributed by atoms with Gasteiger partial charge in [0.25, 0.3) is 0 Å². The standard InChI is InChI=1S/C20H14N2O4S2/c1-26-14-5-6-15-12(10-21-16(15)9-14)8-17-18(23)22(20(27)28-17)13-4-2-3-11(7-13)19(24)25/h2-10,23H,1H3,(H,24,25). The topological polar surface area (TPSA) is 84.1 Å². The van der Waals surface area contributed by atoms with Gasteiger partial charge >= 0.3 is 5.97 Å². The summed E-state index contributed by atoms with van der Waals surface area (Å²) >= 11 is 6.63. The molecule has 0 aliphatic carbocycles. The van der Waals surface area contributed by atoms with Crippen LogP contribution in [-0.2, 0) is 0 Å². The Morgan fingerprint density at radius 3 is 2.86 bits per heavy atom. The van der Waals surface area contributed by atoms with E-state index in [2.05, 4.69) is 4.99 Å². The van der Waals surface area contributed by atoms with Crippen LogP contribution in [0.5, 0.6) is 11.6 Å². The first-order valence-electron chi connectivity index (χ1n) is 8.20. The van der Waals surface area contributed by atoms with Crippen molar-refractivity contribution in [3.8, 4) is 17.3 Å². The minimum atomic E-state index is -1.04. The van der Waals surface area contributed by atoms with E-state index in [1.54, 1.807) is 25.5 Å². The van der Waals surface area contributed by atoms with Crippen LogP contribution in [0.4, 0.5) is 5.69 Å². The average Bonchev–Trinajstić information content (AvgIpc) is 3.22. The van der Waals surface area contributed by atoms with E-state index in [4.69, 9.17) is 17.0 Å². The van der Waals surface area contributed by atoms with Gasteiger partial charge in [-0.3, -0.25) is 9.56 Å². The van der Waals surface area contributed by atoms with E-state index in [1.165, 1.54) is 28.0 Å². The van der Waals surface area contributed by atoms with Crippen LogP contribution in [0.3, 0.4) is 0 Å². The molecule has 0 amide bonds. The van der Waals surface area contributed by atoms with Gasteiger partial charge in [-0.15, -0.1) is 11.3 Å². The summed E-state index contributed by atoms with van der Waals surface area (Å²) in [6, 6.07) is 11.9. The minimum Gasteiger partial charge on any atom is -0.497 e. The lowest BCUT2D eigenvalue weighted by atomic mass is 10.1. The highest BCUT2D eigenvalue weighted by molar-refractivity contribution is 7.73. The Morgan fingerprint density at radius 1 is 1.29 bits per heavy atom. The third-order valence-electron chi connectivity index (χ3n) is 4.31. The number of aromatic nitrogens is 1. The van der Waals surface area contributed by atoms with E-state index in [9.17, 15) is 15.0 Å². The molecule has 0 fully saturated rings. The Balaban J connectivity index is 1.77. The molecule has 0 bridgehead atoms. The van der Waals surface area contributed by atoms with Crippen LogP contribution in [0.2, 0.25) is 0 Å². The van der Waals surface area contributed by atoms with E-state index in [0.29, 0.717) is 14.5 Å². The van der Waals surface area contributed by atoms with E-state index in [1.807, 2.05) is 24.3 Å². The first kappa shape index (κ1) is 18.1. The van der Waals surface area contributed by atoms with Gasteiger partial charge in [0.1, 0.15) is 5.75 Å². The number of carboxylic acids is 1. The number of carbonyl (C=O) groups is 1. The normalized spacial score (nSPS) is 13.7. The third-order valence-corrected chi connectivity index (χ3v) is 5.62. The number of allylic oxidation sites excluding steroid dienone is 1. The van der Waals surface area contributed by atoms with Crippen LogP contribution < -0.4 is 4.74 Å². The lowest BCUT2D eigenvalue weighted by Gasteiger charge is -2.06. The second-order valence-corrected chi connectivity index (χ2v) is 7.66. The lowest BCUT2D eigenvalue weighted by Crippen LogP contribution is -1.99. The highest BCUT2D eigenvalue weighted by Gasteiger charge is 2.17. The van der Waals surface area contributed by atoms with Crippen molar-refractivity contribution in [2.24, 2.45) is 4.99 Å². The van der Waals surface area contributed by atoms with Crippen LogP contribution in [0.25, 0.3) is 17.3 Å². The summed E-state index contributed by atoms with van der Waals surface area (Å²) in [7, 11) is 1.60. The van der Waals surface area contributed by atoms with Gasteiger partial charge in [-0.05, 0) is 48.6 Å². The highest BCUT2D eigenvalue weighted by atomic mass is 32.1. The van der Waals surface area contributed by atoms with Gasteiger partial charge in [0.05, 0.1) is 28.9 Å². The zero-order chi connectivity index (χ0) is 19.8. The predicted octanol–water partition coefficient (Wildman–Crippen LogP) is 4.94. The molecule has 2 heterocycles. The summed E-state index contributed by atoms with van der Waals surface area (Å²) in [6.07, 6.45) is 3.54. The van der Waals surface area contributed by atoms with Crippen LogP contribution in [0, 0.1) is 3.95 Å². The largest absolute Gasteiger partial charge is 0.497 e. The molecule has 28 heavy (non-hydrogen) atoms. The lowest BCUT2D eigenvalue weighted by molar-refractivity contribution is 0.0697. The zero-order valence-corrected chi connectivity index (χ0v) is 16.3. The first-order valence-corrected chi connectivity index (χ1v) is 9.43. The Morgan fingerprint density at radius 2 is 2.11 bits per heavy atom. The SMILES string of the molecule is COc1ccc2c(c1)N=CC2=Cc1sc(=S)n(-c2cccc(C(=O)O)c2)c1O. The van der Waals surface area contributed by atoms with Gasteiger partial charge in [0.2, 0.25) is 5.88 Å². The van der Waals surface area contributed by atoms with Crippen molar-refractivity contribution in [1.82, 2.24) is 4.57 Å². The van der Waals surface area contributed by atoms with Crippen LogP contribution in [0.1, 0.15) is 20.8 Å². The molecule has 1 aliphatic heterocycles. The number of ether oxygens (including phenoxy) is 1. The van der Waals surface area contributed by atoms with Gasteiger partial charge in [0, 0.05) is 23.4 Å². The molecule has 0 saturated carbocycles. The van der Waals surface area contributed by atoms with Crippen LogP contribution in [0.15, 0.2) is 47.5 Å². The molecule has 0 unspecified atom stereocenters. The molecule has 140 valence electrons. The molecule has 3 aromatic rings. The van der Waals surface area contributed by atoms with Crippen molar-refractivity contribution >= 4 is 53.1 Å². The van der Waals surface area contributed by atoms with E-state index in [0.717, 1.165) is 22.6 Å². The van der Waals surface area contributed by atoms with Crippen LogP contribution >= 0.6 is 23.6 Å². The van der Waals surface area contributed by atoms with Gasteiger partial charge in [-0.1, -0.05) is 6.07 Å². The number of aliphatic imine (C=N–C) groups is 1. The van der Waals surface area contributed by atoms with Gasteiger partial charge < -0.3 is 14.9 Å². The predicted molar refractivity (Wildman–Crippen MR) is 112 cm³/mol. The highest BCUT2D eigenvalue weighted by Crippen LogP contribution is 2.38. The molecule has 2 N–H and O–H groups in total. The Labute approximate surface area is 169 Å². The number of nitrogens with zero attached hydrogens (tertiary/aromatic N) is 2. The van der Waals surface area contributed by atoms with Gasteiger partial charge in [-0.2, -0.15) is 0 Å². The number of aromatic carboxylic acids is 1. The third kappa shape index (κ3) is 3.12. The fraction of sp³-hybridized carbons (Fsp3) is 0.0500. The summed E-state index contributed by atoms with van der Waals surface area (Å²) in [5, 5.41) is 19.9.